The number of carbonyl (C=O) groups is 2. The maximum Gasteiger partial charge on any atom is 0.174 e. The highest BCUT2D eigenvalue weighted by Gasteiger charge is 2.16. The Morgan fingerprint density at radius 2 is 0.594 bits per heavy atom. The molecule has 11 rings (SSSR count). The van der Waals surface area contributed by atoms with Gasteiger partial charge >= 0.3 is 0 Å². The molecule has 0 unspecified atom stereocenters. The number of hydrogen-bond acceptors (Lipinski definition) is 10. The third-order valence-corrected chi connectivity index (χ3v) is 28.4. The van der Waals surface area contributed by atoms with Crippen molar-refractivity contribution in [2.45, 2.75) is 295 Å². The van der Waals surface area contributed by atoms with Crippen molar-refractivity contribution in [3.8, 4) is 46.3 Å². The Balaban J connectivity index is -0.000000468. The second-order valence-corrected chi connectivity index (χ2v) is 44.1. The lowest BCUT2D eigenvalue weighted by Crippen LogP contribution is -2.00. The molecule has 138 heavy (non-hydrogen) atoms. The molecule has 0 heterocycles. The van der Waals surface area contributed by atoms with E-state index in [4.69, 9.17) is 20.2 Å². The van der Waals surface area contributed by atoms with Crippen molar-refractivity contribution >= 4 is 223 Å². The molecule has 0 aliphatic carbocycles. The highest BCUT2D eigenvalue weighted by molar-refractivity contribution is 14.1. The zero-order chi connectivity index (χ0) is 105. The van der Waals surface area contributed by atoms with Crippen molar-refractivity contribution in [1.82, 2.24) is 0 Å². The van der Waals surface area contributed by atoms with Crippen molar-refractivity contribution in [3.05, 3.63) is 331 Å². The van der Waals surface area contributed by atoms with Crippen LogP contribution in [0.25, 0.3) is 0 Å². The Labute approximate surface area is 946 Å². The number of alkyl halides is 1. The van der Waals surface area contributed by atoms with Gasteiger partial charge in [-0.05, 0) is 332 Å². The summed E-state index contributed by atoms with van der Waals surface area (Å²) in [5.41, 5.74) is 23.9. The molecular weight excluding hydrogens is 2630 g/mol. The lowest BCUT2D eigenvalue weighted by atomic mass is 9.96. The van der Waals surface area contributed by atoms with Gasteiger partial charge in [0.1, 0.15) is 58.9 Å². The minimum absolute atomic E-state index is 0. The molecular formula is C115H154Br12INO9. The van der Waals surface area contributed by atoms with Gasteiger partial charge in [0.15, 0.2) is 6.61 Å². The van der Waals surface area contributed by atoms with Crippen LogP contribution in [-0.4, -0.2) is 54.7 Å². The Morgan fingerprint density at radius 3 is 0.964 bits per heavy atom. The number of nitriles is 1. The van der Waals surface area contributed by atoms with E-state index in [9.17, 15) is 30.0 Å². The average Bonchev–Trinajstić information content (AvgIpc) is 0.837. The van der Waals surface area contributed by atoms with Gasteiger partial charge in [-0.3, -0.25) is 9.59 Å². The van der Waals surface area contributed by atoms with Crippen molar-refractivity contribution in [1.29, 1.82) is 5.26 Å². The molecule has 764 valence electrons. The topological polar surface area (TPSA) is 189 Å². The molecule has 0 amide bonds. The zero-order valence-corrected chi connectivity index (χ0v) is 105. The number of ether oxygens (including phenoxy) is 1. The van der Waals surface area contributed by atoms with Crippen LogP contribution < -0.4 is 4.74 Å². The van der Waals surface area contributed by atoms with Gasteiger partial charge in [0.2, 0.25) is 0 Å². The van der Waals surface area contributed by atoms with Crippen LogP contribution in [0.2, 0.25) is 0 Å². The Morgan fingerprint density at radius 1 is 0.283 bits per heavy atom. The number of carbonyl (C=O) groups excluding carboxylic acids is 2. The van der Waals surface area contributed by atoms with Gasteiger partial charge in [0, 0.05) is 79.6 Å². The standard InChI is InChI=1S/C12H14BrNO.2C11H13BrO.3C10H13BrO.2C10H13Br.2C9H11BrO.C9H12O.CH3I.3CH4.Br2/c1-8(2)10-6-9(3)11(13)7-12(10)15-5-4-14;1-7(2)10-4-8(3)11(12)5-9(10)6-13;1-7(2)10-4-8(3)9(6-13)5-11(10)12;1-6(2)8-4-7(3)10(12)5-9(8)11;2*1-6(2)8-4-7(3)9(11)5-10(8)12;1-7(2)9-4-5-10(11)8(3)6-9;1-7(2)9-6-8(3)4-5-10(9)11;1-6(2)8-5-7(11)3-4-9(8)10;1-6(2)7-3-4-8(10)9(11)5-7;1-7(2)8-4-3-5-9(10)6-8;1-2;;;;1-2/h6-8H,5H2,1-3H3;2*4-7H,1-3H3;3*4-6,12H,1-3H3;2*4-7H,1-3H3;2*3-6,11H,1-2H3;3-7,10H,1-2H3;1H3;3*1H4;. The molecule has 0 fully saturated rings. The van der Waals surface area contributed by atoms with Crippen LogP contribution in [0.1, 0.15) is 366 Å². The average molecular weight is 2780 g/mol. The van der Waals surface area contributed by atoms with Crippen LogP contribution in [-0.2, 0) is 0 Å². The van der Waals surface area contributed by atoms with Crippen LogP contribution in [0, 0.1) is 66.7 Å². The lowest BCUT2D eigenvalue weighted by Gasteiger charge is -2.14. The van der Waals surface area contributed by atoms with Crippen LogP contribution in [0.15, 0.2) is 215 Å². The van der Waals surface area contributed by atoms with Crippen molar-refractivity contribution in [2.75, 3.05) is 11.5 Å². The number of nitrogens with zero attached hydrogens (tertiary/aromatic N) is 1. The smallest absolute Gasteiger partial charge is 0.174 e. The van der Waals surface area contributed by atoms with Gasteiger partial charge in [0.05, 0.1) is 4.47 Å². The summed E-state index contributed by atoms with van der Waals surface area (Å²) in [6.45, 7) is 63.0. The molecule has 0 aliphatic heterocycles. The van der Waals surface area contributed by atoms with Crippen molar-refractivity contribution < 1.29 is 45.0 Å². The zero-order valence-electron chi connectivity index (χ0n) is 84.1. The number of hydrogen-bond donors (Lipinski definition) is 6. The summed E-state index contributed by atoms with van der Waals surface area (Å²) in [5.74, 6) is 8.03. The van der Waals surface area contributed by atoms with Crippen LogP contribution in [0.4, 0.5) is 0 Å². The van der Waals surface area contributed by atoms with E-state index in [2.05, 4.69) is 431 Å². The van der Waals surface area contributed by atoms with E-state index in [1.54, 1.807) is 48.5 Å². The number of aldehydes is 2. The second-order valence-electron chi connectivity index (χ2n) is 35.5. The van der Waals surface area contributed by atoms with Gasteiger partial charge in [-0.15, -0.1) is 0 Å². The molecule has 0 aliphatic rings. The number of halogens is 13. The van der Waals surface area contributed by atoms with Crippen molar-refractivity contribution in [2.24, 2.45) is 0 Å². The predicted octanol–water partition coefficient (Wildman–Crippen LogP) is 43.4. The largest absolute Gasteiger partial charge is 0.508 e. The van der Waals surface area contributed by atoms with Crippen molar-refractivity contribution in [3.63, 3.8) is 0 Å². The van der Waals surface area contributed by atoms with E-state index in [0.717, 1.165) is 121 Å². The Bertz CT molecular complexity index is 5230. The summed E-state index contributed by atoms with van der Waals surface area (Å²) < 4.78 is 15.6. The fourth-order valence-corrected chi connectivity index (χ4v) is 17.2. The Hall–Kier alpha value is -4.66. The van der Waals surface area contributed by atoms with E-state index in [0.29, 0.717) is 99.6 Å². The third kappa shape index (κ3) is 52.9. The molecule has 0 radical (unpaired) electrons. The third-order valence-electron chi connectivity index (χ3n) is 20.6. The van der Waals surface area contributed by atoms with Gasteiger partial charge in [-0.1, -0.05) is 425 Å². The fourth-order valence-electron chi connectivity index (χ4n) is 12.3. The first kappa shape index (κ1) is 142. The summed E-state index contributed by atoms with van der Waals surface area (Å²) in [6, 6.07) is 56.6. The number of phenolic OH excluding ortho intramolecular Hbond substituents is 6. The second kappa shape index (κ2) is 74.3. The normalized spacial score (nSPS) is 10.1. The number of rotatable bonds is 15. The first-order chi connectivity index (χ1) is 62.9. The summed E-state index contributed by atoms with van der Waals surface area (Å²) in [6.07, 6.45) is 1.81. The molecule has 11 aromatic rings. The molecule has 0 atom stereocenters. The quantitative estimate of drug-likeness (QED) is 0.0327. The van der Waals surface area contributed by atoms with Crippen LogP contribution in [0.3, 0.4) is 0 Å². The van der Waals surface area contributed by atoms with E-state index >= 15 is 0 Å². The minimum Gasteiger partial charge on any atom is -0.508 e. The van der Waals surface area contributed by atoms with Gasteiger partial charge in [-0.25, -0.2) is 0 Å². The van der Waals surface area contributed by atoms with E-state index in [1.807, 2.05) is 119 Å². The van der Waals surface area contributed by atoms with E-state index in [1.165, 1.54) is 59.0 Å². The highest BCUT2D eigenvalue weighted by atomic mass is 127. The molecule has 0 bridgehead atoms. The monoisotopic (exact) mass is 2770 g/mol. The minimum atomic E-state index is 0. The molecule has 11 aromatic carbocycles. The number of aryl methyl sites for hydroxylation is 8. The molecule has 0 aromatic heterocycles. The molecule has 10 nitrogen and oxygen atoms in total. The number of phenols is 6. The van der Waals surface area contributed by atoms with E-state index < -0.39 is 0 Å². The molecule has 23 heteroatoms. The highest BCUT2D eigenvalue weighted by Crippen LogP contribution is 2.38. The Kier molecular flexibility index (Phi) is 76.3. The van der Waals surface area contributed by atoms with Crippen LogP contribution >= 0.6 is 210 Å². The molecule has 0 saturated heterocycles. The SMILES string of the molecule is BrBr.C.C.C.CC(C)c1cc(O)ccc1Br.CC(C)c1ccc(Br)c(O)c1.CC(C)c1cccc(O)c1.CI.Cc1cc(C(C)C)c(Br)cc1C=O.Cc1cc(C(C)C)c(Br)cc1O.Cc1cc(C(C)C)c(C=O)cc1Br.Cc1cc(C(C)C)c(O)cc1Br.Cc1cc(C(C)C)c(O)cc1Br.Cc1cc(C(C)C)c(OCC#N)cc1Br.Cc1cc(C(C)C)ccc1Br.Cc1ccc(Br)c(C(C)C)c1. The van der Waals surface area contributed by atoms with Gasteiger partial charge in [0.25, 0.3) is 0 Å². The first-order valence-corrected chi connectivity index (χ1v) is 58.3. The van der Waals surface area contributed by atoms with E-state index in [-0.39, 0.29) is 28.9 Å². The predicted molar refractivity (Wildman–Crippen MR) is 651 cm³/mol. The van der Waals surface area contributed by atoms with Gasteiger partial charge in [-0.2, -0.15) is 5.26 Å². The summed E-state index contributed by atoms with van der Waals surface area (Å²) in [4.78, 5) is 23.4. The fraction of sp³-hybridized carbons (Fsp3) is 0.400. The lowest BCUT2D eigenvalue weighted by molar-refractivity contribution is 0.111. The summed E-state index contributed by atoms with van der Waals surface area (Å²) in [7, 11) is 0. The number of benzene rings is 11. The molecule has 0 saturated carbocycles. The maximum absolute atomic E-state index is 10.8. The maximum atomic E-state index is 10.8. The summed E-state index contributed by atoms with van der Waals surface area (Å²) >= 11 is 41.8. The molecule has 6 N–H and O–H groups in total. The van der Waals surface area contributed by atoms with Crippen LogP contribution in [0.5, 0.6) is 40.2 Å². The molecule has 0 spiro atoms. The number of aromatic hydroxyl groups is 6. The first-order valence-electron chi connectivity index (χ1n) is 44.4. The van der Waals surface area contributed by atoms with Gasteiger partial charge < -0.3 is 35.4 Å². The summed E-state index contributed by atoms with van der Waals surface area (Å²) in [5, 5.41) is 64.5.